The molecule has 1 aromatic rings. The fraction of sp³-hybridized carbons (Fsp3) is 0.500. The van der Waals surface area contributed by atoms with Crippen LogP contribution in [0.15, 0.2) is 18.2 Å². The lowest BCUT2D eigenvalue weighted by molar-refractivity contribution is 0.0713. The third-order valence-electron chi connectivity index (χ3n) is 3.52. The second-order valence-electron chi connectivity index (χ2n) is 4.90. The molecule has 1 aliphatic rings. The predicted molar refractivity (Wildman–Crippen MR) is 76.3 cm³/mol. The van der Waals surface area contributed by atoms with Gasteiger partial charge in [-0.25, -0.2) is 0 Å². The van der Waals surface area contributed by atoms with Gasteiger partial charge in [0, 0.05) is 24.7 Å². The van der Waals surface area contributed by atoms with Gasteiger partial charge in [0.15, 0.2) is 0 Å². The second-order valence-corrected chi connectivity index (χ2v) is 4.90. The summed E-state index contributed by atoms with van der Waals surface area (Å²) in [6.07, 6.45) is 1.83. The molecule has 0 aromatic heterocycles. The van der Waals surface area contributed by atoms with Gasteiger partial charge < -0.3 is 10.6 Å². The smallest absolute Gasteiger partial charge is 0.254 e. The lowest BCUT2D eigenvalue weighted by Gasteiger charge is -2.31. The lowest BCUT2D eigenvalue weighted by Crippen LogP contribution is -2.43. The van der Waals surface area contributed by atoms with Crippen molar-refractivity contribution < 1.29 is 4.79 Å². The molecule has 0 radical (unpaired) electrons. The molecule has 4 heteroatoms. The minimum atomic E-state index is 0. The topological polar surface area (TPSA) is 46.3 Å². The van der Waals surface area contributed by atoms with E-state index in [0.29, 0.717) is 0 Å². The molecule has 2 rings (SSSR count). The van der Waals surface area contributed by atoms with E-state index >= 15 is 0 Å². The fourth-order valence-corrected chi connectivity index (χ4v) is 2.41. The molecule has 2 N–H and O–H groups in total. The third kappa shape index (κ3) is 3.03. The highest BCUT2D eigenvalue weighted by Crippen LogP contribution is 2.18. The Kier molecular flexibility index (Phi) is 5.17. The number of benzene rings is 1. The van der Waals surface area contributed by atoms with Gasteiger partial charge in [-0.2, -0.15) is 0 Å². The van der Waals surface area contributed by atoms with Crippen LogP contribution in [0.1, 0.15) is 34.3 Å². The largest absolute Gasteiger partial charge is 0.339 e. The highest BCUT2D eigenvalue weighted by atomic mass is 35.5. The molecule has 0 atom stereocenters. The number of rotatable bonds is 1. The Bertz CT molecular complexity index is 406. The van der Waals surface area contributed by atoms with Gasteiger partial charge in [-0.3, -0.25) is 4.79 Å². The molecule has 3 nitrogen and oxygen atoms in total. The van der Waals surface area contributed by atoms with Crippen LogP contribution < -0.4 is 5.73 Å². The molecule has 0 saturated carbocycles. The first-order valence-corrected chi connectivity index (χ1v) is 6.20. The molecule has 1 aromatic carbocycles. The number of halogens is 1. The summed E-state index contributed by atoms with van der Waals surface area (Å²) in [4.78, 5) is 14.4. The number of nitrogens with zero attached hydrogens (tertiary/aromatic N) is 1. The quantitative estimate of drug-likeness (QED) is 0.849. The standard InChI is InChI=1S/C14H20N2O.ClH/c1-10-4-3-5-11(2)13(10)14(17)16-8-6-12(15)7-9-16;/h3-5,12H,6-9,15H2,1-2H3;1H. The Hall–Kier alpha value is -1.06. The molecule has 18 heavy (non-hydrogen) atoms. The van der Waals surface area contributed by atoms with E-state index in [2.05, 4.69) is 0 Å². The first kappa shape index (κ1) is 15.0. The van der Waals surface area contributed by atoms with E-state index < -0.39 is 0 Å². The maximum Gasteiger partial charge on any atom is 0.254 e. The molecule has 1 amide bonds. The van der Waals surface area contributed by atoms with Gasteiger partial charge in [-0.15, -0.1) is 12.4 Å². The molecule has 0 spiro atoms. The summed E-state index contributed by atoms with van der Waals surface area (Å²) in [6, 6.07) is 6.25. The minimum absolute atomic E-state index is 0. The summed E-state index contributed by atoms with van der Waals surface area (Å²) in [5.41, 5.74) is 8.84. The highest BCUT2D eigenvalue weighted by molar-refractivity contribution is 5.97. The number of amides is 1. The number of likely N-dealkylation sites (tertiary alicyclic amines) is 1. The summed E-state index contributed by atoms with van der Waals surface area (Å²) in [6.45, 7) is 5.56. The normalized spacial score (nSPS) is 16.3. The molecule has 1 aliphatic heterocycles. The van der Waals surface area contributed by atoms with Gasteiger partial charge in [0.2, 0.25) is 0 Å². The SMILES string of the molecule is Cc1cccc(C)c1C(=O)N1CCC(N)CC1.Cl. The van der Waals surface area contributed by atoms with Crippen molar-refractivity contribution in [2.45, 2.75) is 32.7 Å². The van der Waals surface area contributed by atoms with Crippen molar-refractivity contribution in [3.63, 3.8) is 0 Å². The third-order valence-corrected chi connectivity index (χ3v) is 3.52. The number of piperidine rings is 1. The van der Waals surface area contributed by atoms with E-state index in [4.69, 9.17) is 5.73 Å². The van der Waals surface area contributed by atoms with Gasteiger partial charge in [-0.1, -0.05) is 18.2 Å². The average molecular weight is 269 g/mol. The summed E-state index contributed by atoms with van der Waals surface area (Å²) in [5, 5.41) is 0. The van der Waals surface area contributed by atoms with E-state index in [9.17, 15) is 4.79 Å². The Labute approximate surface area is 115 Å². The second kappa shape index (κ2) is 6.21. The summed E-state index contributed by atoms with van der Waals surface area (Å²) < 4.78 is 0. The Morgan fingerprint density at radius 1 is 1.22 bits per heavy atom. The Balaban J connectivity index is 0.00000162. The van der Waals surface area contributed by atoms with Crippen LogP contribution in [0.3, 0.4) is 0 Å². The van der Waals surface area contributed by atoms with Crippen LogP contribution in [-0.4, -0.2) is 29.9 Å². The van der Waals surface area contributed by atoms with Crippen molar-refractivity contribution in [3.05, 3.63) is 34.9 Å². The first-order valence-electron chi connectivity index (χ1n) is 6.20. The maximum absolute atomic E-state index is 12.4. The highest BCUT2D eigenvalue weighted by Gasteiger charge is 2.23. The average Bonchev–Trinajstić information content (AvgIpc) is 2.29. The van der Waals surface area contributed by atoms with Crippen LogP contribution in [0.4, 0.5) is 0 Å². The zero-order valence-corrected chi connectivity index (χ0v) is 11.8. The molecule has 0 unspecified atom stereocenters. The molecule has 1 saturated heterocycles. The van der Waals surface area contributed by atoms with Crippen molar-refractivity contribution in [3.8, 4) is 0 Å². The predicted octanol–water partition coefficient (Wildman–Crippen LogP) is 2.29. The van der Waals surface area contributed by atoms with Crippen LogP contribution in [0.2, 0.25) is 0 Å². The van der Waals surface area contributed by atoms with Gasteiger partial charge in [0.05, 0.1) is 0 Å². The Morgan fingerprint density at radius 3 is 2.22 bits per heavy atom. The van der Waals surface area contributed by atoms with Crippen molar-refractivity contribution in [2.24, 2.45) is 5.73 Å². The van der Waals surface area contributed by atoms with Crippen molar-refractivity contribution in [1.29, 1.82) is 0 Å². The van der Waals surface area contributed by atoms with Gasteiger partial charge in [0.1, 0.15) is 0 Å². The first-order chi connectivity index (χ1) is 8.09. The molecular formula is C14H21ClN2O. The molecule has 100 valence electrons. The lowest BCUT2D eigenvalue weighted by atomic mass is 9.99. The number of carbonyl (C=O) groups excluding carboxylic acids is 1. The van der Waals surface area contributed by atoms with Crippen LogP contribution in [0.25, 0.3) is 0 Å². The zero-order valence-electron chi connectivity index (χ0n) is 11.0. The summed E-state index contributed by atoms with van der Waals surface area (Å²) in [5.74, 6) is 0.160. The van der Waals surface area contributed by atoms with E-state index in [1.807, 2.05) is 36.9 Å². The van der Waals surface area contributed by atoms with E-state index in [0.717, 1.165) is 42.6 Å². The van der Waals surface area contributed by atoms with Gasteiger partial charge >= 0.3 is 0 Å². The number of aryl methyl sites for hydroxylation is 2. The molecule has 0 bridgehead atoms. The Morgan fingerprint density at radius 2 is 1.72 bits per heavy atom. The number of hydrogen-bond donors (Lipinski definition) is 1. The van der Waals surface area contributed by atoms with E-state index in [1.54, 1.807) is 0 Å². The summed E-state index contributed by atoms with van der Waals surface area (Å²) in [7, 11) is 0. The summed E-state index contributed by atoms with van der Waals surface area (Å²) >= 11 is 0. The van der Waals surface area contributed by atoms with Crippen LogP contribution >= 0.6 is 12.4 Å². The van der Waals surface area contributed by atoms with Gasteiger partial charge in [0.25, 0.3) is 5.91 Å². The minimum Gasteiger partial charge on any atom is -0.339 e. The molecule has 0 aliphatic carbocycles. The molecule has 1 fully saturated rings. The van der Waals surface area contributed by atoms with Crippen LogP contribution in [0, 0.1) is 13.8 Å². The van der Waals surface area contributed by atoms with E-state index in [1.165, 1.54) is 0 Å². The van der Waals surface area contributed by atoms with Crippen molar-refractivity contribution in [2.75, 3.05) is 13.1 Å². The monoisotopic (exact) mass is 268 g/mol. The van der Waals surface area contributed by atoms with Crippen molar-refractivity contribution in [1.82, 2.24) is 4.90 Å². The number of nitrogens with two attached hydrogens (primary N) is 1. The number of carbonyl (C=O) groups is 1. The van der Waals surface area contributed by atoms with Crippen molar-refractivity contribution >= 4 is 18.3 Å². The van der Waals surface area contributed by atoms with Gasteiger partial charge in [-0.05, 0) is 37.8 Å². The molecular weight excluding hydrogens is 248 g/mol. The maximum atomic E-state index is 12.4. The van der Waals surface area contributed by atoms with Crippen LogP contribution in [0.5, 0.6) is 0 Å². The van der Waals surface area contributed by atoms with Crippen LogP contribution in [-0.2, 0) is 0 Å². The fourth-order valence-electron chi connectivity index (χ4n) is 2.41. The van der Waals surface area contributed by atoms with E-state index in [-0.39, 0.29) is 24.4 Å². The zero-order chi connectivity index (χ0) is 12.4. The number of hydrogen-bond acceptors (Lipinski definition) is 2. The molecule has 1 heterocycles.